The van der Waals surface area contributed by atoms with E-state index in [1.807, 2.05) is 4.90 Å². The molecule has 21 heavy (non-hydrogen) atoms. The summed E-state index contributed by atoms with van der Waals surface area (Å²) in [6.45, 7) is 7.69. The minimum Gasteiger partial charge on any atom is -0.477 e. The monoisotopic (exact) mass is 310 g/mol. The summed E-state index contributed by atoms with van der Waals surface area (Å²) >= 11 is 1.25. The SMILES string of the molecule is CC(C)(C)CC(=O)N1CCC(c2ncc(C(=O)O)s2)CC1. The van der Waals surface area contributed by atoms with E-state index in [0.717, 1.165) is 30.9 Å². The molecule has 0 atom stereocenters. The minimum atomic E-state index is -0.920. The van der Waals surface area contributed by atoms with Gasteiger partial charge in [-0.2, -0.15) is 0 Å². The topological polar surface area (TPSA) is 70.5 Å². The summed E-state index contributed by atoms with van der Waals surface area (Å²) in [4.78, 5) is 29.5. The van der Waals surface area contributed by atoms with E-state index >= 15 is 0 Å². The molecule has 6 heteroatoms. The summed E-state index contributed by atoms with van der Waals surface area (Å²) in [5.41, 5.74) is 0.0135. The first kappa shape index (κ1) is 15.9. The van der Waals surface area contributed by atoms with Crippen LogP contribution in [0.25, 0.3) is 0 Å². The number of carboxylic acids is 1. The number of carboxylic acid groups (broad SMARTS) is 1. The molecule has 116 valence electrons. The average Bonchev–Trinajstić information content (AvgIpc) is 2.86. The minimum absolute atomic E-state index is 0.0135. The number of rotatable bonds is 3. The number of carbonyl (C=O) groups is 2. The van der Waals surface area contributed by atoms with Crippen molar-refractivity contribution in [2.75, 3.05) is 13.1 Å². The maximum Gasteiger partial charge on any atom is 0.347 e. The van der Waals surface area contributed by atoms with Gasteiger partial charge in [0.2, 0.25) is 5.91 Å². The van der Waals surface area contributed by atoms with E-state index in [1.165, 1.54) is 17.5 Å². The molecule has 1 amide bonds. The van der Waals surface area contributed by atoms with E-state index in [4.69, 9.17) is 5.11 Å². The second-order valence-electron chi connectivity index (χ2n) is 6.76. The second-order valence-corrected chi connectivity index (χ2v) is 7.82. The largest absolute Gasteiger partial charge is 0.477 e. The van der Waals surface area contributed by atoms with Crippen LogP contribution in [-0.4, -0.2) is 40.0 Å². The highest BCUT2D eigenvalue weighted by Crippen LogP contribution is 2.32. The summed E-state index contributed by atoms with van der Waals surface area (Å²) in [6, 6.07) is 0. The second kappa shape index (κ2) is 6.13. The average molecular weight is 310 g/mol. The van der Waals surface area contributed by atoms with Gasteiger partial charge in [-0.1, -0.05) is 20.8 Å². The molecule has 2 heterocycles. The molecule has 1 fully saturated rings. The Morgan fingerprint density at radius 2 is 2.00 bits per heavy atom. The van der Waals surface area contributed by atoms with E-state index in [9.17, 15) is 9.59 Å². The van der Waals surface area contributed by atoms with Crippen LogP contribution in [0.5, 0.6) is 0 Å². The van der Waals surface area contributed by atoms with Crippen molar-refractivity contribution in [2.24, 2.45) is 5.41 Å². The van der Waals surface area contributed by atoms with Crippen molar-refractivity contribution in [3.05, 3.63) is 16.1 Å². The van der Waals surface area contributed by atoms with Crippen LogP contribution in [0.15, 0.2) is 6.20 Å². The molecule has 0 aromatic carbocycles. The molecular formula is C15H22N2O3S. The van der Waals surface area contributed by atoms with E-state index in [0.29, 0.717) is 6.42 Å². The molecule has 0 radical (unpaired) electrons. The standard InChI is InChI=1S/C15H22N2O3S/c1-15(2,3)8-12(18)17-6-4-10(5-7-17)13-16-9-11(21-13)14(19)20/h9-10H,4-8H2,1-3H3,(H,19,20). The van der Waals surface area contributed by atoms with Gasteiger partial charge in [-0.3, -0.25) is 4.79 Å². The van der Waals surface area contributed by atoms with Crippen LogP contribution in [0.3, 0.4) is 0 Å². The zero-order valence-corrected chi connectivity index (χ0v) is 13.6. The quantitative estimate of drug-likeness (QED) is 0.931. The van der Waals surface area contributed by atoms with Crippen molar-refractivity contribution in [3.63, 3.8) is 0 Å². The maximum absolute atomic E-state index is 12.2. The van der Waals surface area contributed by atoms with Gasteiger partial charge < -0.3 is 10.0 Å². The predicted octanol–water partition coefficient (Wildman–Crippen LogP) is 2.98. The van der Waals surface area contributed by atoms with Crippen molar-refractivity contribution in [1.29, 1.82) is 0 Å². The third-order valence-corrected chi connectivity index (χ3v) is 4.76. The normalized spacial score (nSPS) is 17.0. The summed E-state index contributed by atoms with van der Waals surface area (Å²) in [6.07, 6.45) is 3.72. The fourth-order valence-electron chi connectivity index (χ4n) is 2.52. The number of thiazole rings is 1. The summed E-state index contributed by atoms with van der Waals surface area (Å²) < 4.78 is 0. The van der Waals surface area contributed by atoms with Gasteiger partial charge in [0.15, 0.2) is 0 Å². The maximum atomic E-state index is 12.2. The molecule has 1 aromatic heterocycles. The van der Waals surface area contributed by atoms with E-state index in [1.54, 1.807) is 0 Å². The molecule has 1 saturated heterocycles. The predicted molar refractivity (Wildman–Crippen MR) is 81.7 cm³/mol. The van der Waals surface area contributed by atoms with Crippen LogP contribution in [0.2, 0.25) is 0 Å². The Kier molecular flexibility index (Phi) is 4.66. The van der Waals surface area contributed by atoms with Crippen LogP contribution in [-0.2, 0) is 4.79 Å². The molecule has 0 aliphatic carbocycles. The van der Waals surface area contributed by atoms with E-state index < -0.39 is 5.97 Å². The lowest BCUT2D eigenvalue weighted by atomic mass is 9.90. The van der Waals surface area contributed by atoms with E-state index in [2.05, 4.69) is 25.8 Å². The first-order chi connectivity index (χ1) is 9.76. The van der Waals surface area contributed by atoms with Crippen molar-refractivity contribution < 1.29 is 14.7 Å². The number of carbonyl (C=O) groups excluding carboxylic acids is 1. The Morgan fingerprint density at radius 3 is 2.48 bits per heavy atom. The van der Waals surface area contributed by atoms with Crippen LogP contribution >= 0.6 is 11.3 Å². The van der Waals surface area contributed by atoms with Gasteiger partial charge in [0, 0.05) is 25.4 Å². The van der Waals surface area contributed by atoms with Gasteiger partial charge in [-0.05, 0) is 18.3 Å². The molecule has 1 aliphatic heterocycles. The highest BCUT2D eigenvalue weighted by atomic mass is 32.1. The Bertz CT molecular complexity index is 525. The fourth-order valence-corrected chi connectivity index (χ4v) is 3.44. The van der Waals surface area contributed by atoms with Crippen LogP contribution in [0.1, 0.15) is 60.6 Å². The molecule has 0 unspecified atom stereocenters. The Morgan fingerprint density at radius 1 is 1.38 bits per heavy atom. The Labute approximate surface area is 129 Å². The van der Waals surface area contributed by atoms with Crippen molar-refractivity contribution in [1.82, 2.24) is 9.88 Å². The number of amides is 1. The summed E-state index contributed by atoms with van der Waals surface area (Å²) in [5.74, 6) is -0.426. The van der Waals surface area contributed by atoms with Crippen molar-refractivity contribution >= 4 is 23.2 Å². The Hall–Kier alpha value is -1.43. The number of piperidine rings is 1. The molecule has 0 bridgehead atoms. The summed E-state index contributed by atoms with van der Waals surface area (Å²) in [7, 11) is 0. The van der Waals surface area contributed by atoms with Crippen molar-refractivity contribution in [3.8, 4) is 0 Å². The molecule has 2 rings (SSSR count). The smallest absolute Gasteiger partial charge is 0.347 e. The van der Waals surface area contributed by atoms with Gasteiger partial charge in [0.1, 0.15) is 4.88 Å². The third kappa shape index (κ3) is 4.27. The molecule has 0 spiro atoms. The molecule has 1 N–H and O–H groups in total. The zero-order chi connectivity index (χ0) is 15.6. The highest BCUT2D eigenvalue weighted by molar-refractivity contribution is 7.13. The van der Waals surface area contributed by atoms with Crippen LogP contribution in [0, 0.1) is 5.41 Å². The molecule has 1 aliphatic rings. The first-order valence-corrected chi connectivity index (χ1v) is 8.05. The molecule has 1 aromatic rings. The number of hydrogen-bond donors (Lipinski definition) is 1. The Balaban J connectivity index is 1.90. The number of nitrogens with zero attached hydrogens (tertiary/aromatic N) is 2. The highest BCUT2D eigenvalue weighted by Gasteiger charge is 2.28. The third-order valence-electron chi connectivity index (χ3n) is 3.61. The van der Waals surface area contributed by atoms with Crippen LogP contribution in [0.4, 0.5) is 0 Å². The fraction of sp³-hybridized carbons (Fsp3) is 0.667. The lowest BCUT2D eigenvalue weighted by Crippen LogP contribution is -2.39. The molecular weight excluding hydrogens is 288 g/mol. The number of likely N-dealkylation sites (tertiary alicyclic amines) is 1. The summed E-state index contributed by atoms with van der Waals surface area (Å²) in [5, 5.41) is 9.82. The lowest BCUT2D eigenvalue weighted by molar-refractivity contribution is -0.134. The molecule has 0 saturated carbocycles. The van der Waals surface area contributed by atoms with E-state index in [-0.39, 0.29) is 22.1 Å². The number of hydrogen-bond acceptors (Lipinski definition) is 4. The lowest BCUT2D eigenvalue weighted by Gasteiger charge is -2.33. The number of aromatic nitrogens is 1. The van der Waals surface area contributed by atoms with Crippen LogP contribution < -0.4 is 0 Å². The van der Waals surface area contributed by atoms with Gasteiger partial charge in [-0.25, -0.2) is 9.78 Å². The van der Waals surface area contributed by atoms with Gasteiger partial charge in [0.05, 0.1) is 11.2 Å². The molecule has 5 nitrogen and oxygen atoms in total. The van der Waals surface area contributed by atoms with Crippen molar-refractivity contribution in [2.45, 2.75) is 46.0 Å². The first-order valence-electron chi connectivity index (χ1n) is 7.23. The number of aromatic carboxylic acids is 1. The van der Waals surface area contributed by atoms with Gasteiger partial charge in [-0.15, -0.1) is 11.3 Å². The van der Waals surface area contributed by atoms with Gasteiger partial charge in [0.25, 0.3) is 0 Å². The van der Waals surface area contributed by atoms with Gasteiger partial charge >= 0.3 is 5.97 Å². The zero-order valence-electron chi connectivity index (χ0n) is 12.8.